The third-order valence-electron chi connectivity index (χ3n) is 4.78. The van der Waals surface area contributed by atoms with Crippen LogP contribution in [0.5, 0.6) is 0 Å². The van der Waals surface area contributed by atoms with Crippen molar-refractivity contribution in [1.29, 1.82) is 0 Å². The Labute approximate surface area is 186 Å². The Hall–Kier alpha value is -2.85. The van der Waals surface area contributed by atoms with Gasteiger partial charge < -0.3 is 10.1 Å². The standard InChI is InChI=1S/C20H18ClF2N5O2S/c1-10(22)15-9-30-20(29)28(15)17-14(23)7-25-19(27-17)26-11(2)16-8-24-18(31-16)12-3-5-13(21)6-4-12/h3-8,10-11,15H,9H2,1-2H3,(H,25,26,27)/t10-,11+,15?/m1/s1. The lowest BCUT2D eigenvalue weighted by Gasteiger charge is -2.22. The number of carbonyl (C=O) groups is 1. The number of cyclic esters (lactones) is 1. The minimum atomic E-state index is -1.42. The summed E-state index contributed by atoms with van der Waals surface area (Å²) in [6.45, 7) is 2.98. The molecule has 2 aromatic heterocycles. The lowest BCUT2D eigenvalue weighted by Crippen LogP contribution is -2.40. The maximum atomic E-state index is 14.4. The highest BCUT2D eigenvalue weighted by atomic mass is 35.5. The van der Waals surface area contributed by atoms with Crippen molar-refractivity contribution in [3.8, 4) is 10.6 Å². The number of thiazole rings is 1. The van der Waals surface area contributed by atoms with Crippen LogP contribution in [0.2, 0.25) is 5.02 Å². The molecule has 1 fully saturated rings. The molecule has 0 radical (unpaired) electrons. The van der Waals surface area contributed by atoms with Crippen LogP contribution in [-0.2, 0) is 4.74 Å². The van der Waals surface area contributed by atoms with Gasteiger partial charge in [-0.1, -0.05) is 23.7 Å². The van der Waals surface area contributed by atoms with Crippen LogP contribution >= 0.6 is 22.9 Å². The largest absolute Gasteiger partial charge is 0.447 e. The number of ether oxygens (including phenoxy) is 1. The fourth-order valence-corrected chi connectivity index (χ4v) is 4.14. The molecule has 1 aliphatic rings. The molecule has 0 spiro atoms. The molecule has 0 bridgehead atoms. The first-order chi connectivity index (χ1) is 14.8. The second-order valence-corrected chi connectivity index (χ2v) is 8.50. The van der Waals surface area contributed by atoms with E-state index in [0.29, 0.717) is 5.02 Å². The van der Waals surface area contributed by atoms with Crippen molar-refractivity contribution in [2.45, 2.75) is 32.1 Å². The number of nitrogens with one attached hydrogen (secondary N) is 1. The summed E-state index contributed by atoms with van der Waals surface area (Å²) < 4.78 is 33.1. The molecule has 1 aliphatic heterocycles. The van der Waals surface area contributed by atoms with Crippen LogP contribution in [-0.4, -0.2) is 39.9 Å². The quantitative estimate of drug-likeness (QED) is 0.535. The Bertz CT molecular complexity index is 1100. The van der Waals surface area contributed by atoms with Gasteiger partial charge in [-0.25, -0.2) is 28.4 Å². The number of rotatable bonds is 6. The molecule has 0 saturated carbocycles. The predicted molar refractivity (Wildman–Crippen MR) is 115 cm³/mol. The topological polar surface area (TPSA) is 80.2 Å². The van der Waals surface area contributed by atoms with E-state index in [2.05, 4.69) is 20.3 Å². The van der Waals surface area contributed by atoms with E-state index in [-0.39, 0.29) is 24.4 Å². The van der Waals surface area contributed by atoms with E-state index in [1.165, 1.54) is 18.3 Å². The highest BCUT2D eigenvalue weighted by Crippen LogP contribution is 2.32. The number of anilines is 2. The molecule has 1 aromatic carbocycles. The molecule has 1 unspecified atom stereocenters. The van der Waals surface area contributed by atoms with E-state index in [4.69, 9.17) is 16.3 Å². The van der Waals surface area contributed by atoms with Crippen molar-refractivity contribution in [1.82, 2.24) is 15.0 Å². The molecule has 7 nitrogen and oxygen atoms in total. The normalized spacial score (nSPS) is 18.0. The molecule has 3 heterocycles. The van der Waals surface area contributed by atoms with Gasteiger partial charge in [-0.3, -0.25) is 0 Å². The van der Waals surface area contributed by atoms with Crippen molar-refractivity contribution in [3.63, 3.8) is 0 Å². The third kappa shape index (κ3) is 4.45. The SMILES string of the molecule is C[C@H](Nc1ncc(F)c(N2C(=O)OCC2[C@@H](C)F)n1)c1cnc(-c2ccc(Cl)cc2)s1. The van der Waals surface area contributed by atoms with Crippen LogP contribution in [0.4, 0.5) is 25.3 Å². The first-order valence-electron chi connectivity index (χ1n) is 9.44. The van der Waals surface area contributed by atoms with Gasteiger partial charge in [0.25, 0.3) is 0 Å². The highest BCUT2D eigenvalue weighted by Gasteiger charge is 2.40. The zero-order valence-corrected chi connectivity index (χ0v) is 18.1. The molecule has 1 saturated heterocycles. The van der Waals surface area contributed by atoms with E-state index in [0.717, 1.165) is 26.5 Å². The molecule has 162 valence electrons. The number of aromatic nitrogens is 3. The van der Waals surface area contributed by atoms with Crippen LogP contribution in [0, 0.1) is 5.82 Å². The average Bonchev–Trinajstić information content (AvgIpc) is 3.37. The molecule has 31 heavy (non-hydrogen) atoms. The van der Waals surface area contributed by atoms with Crippen LogP contribution in [0.25, 0.3) is 10.6 Å². The fourth-order valence-electron chi connectivity index (χ4n) is 3.09. The van der Waals surface area contributed by atoms with E-state index in [1.54, 1.807) is 18.3 Å². The number of carbonyl (C=O) groups excluding carboxylic acids is 1. The van der Waals surface area contributed by atoms with Gasteiger partial charge in [0.1, 0.15) is 23.8 Å². The summed E-state index contributed by atoms with van der Waals surface area (Å²) in [4.78, 5) is 26.3. The summed E-state index contributed by atoms with van der Waals surface area (Å²) in [5.41, 5.74) is 0.937. The van der Waals surface area contributed by atoms with Crippen LogP contribution in [0.3, 0.4) is 0 Å². The van der Waals surface area contributed by atoms with Gasteiger partial charge >= 0.3 is 6.09 Å². The number of hydrogen-bond acceptors (Lipinski definition) is 7. The predicted octanol–water partition coefficient (Wildman–Crippen LogP) is 5.25. The maximum absolute atomic E-state index is 14.4. The molecular formula is C20H18ClF2N5O2S. The second-order valence-electron chi connectivity index (χ2n) is 7.00. The van der Waals surface area contributed by atoms with E-state index in [1.807, 2.05) is 19.1 Å². The number of amides is 1. The number of alkyl halides is 1. The second kappa shape index (κ2) is 8.72. The smallest absolute Gasteiger partial charge is 0.416 e. The van der Waals surface area contributed by atoms with Gasteiger partial charge in [0.2, 0.25) is 5.95 Å². The molecule has 3 aromatic rings. The van der Waals surface area contributed by atoms with Gasteiger partial charge in [-0.05, 0) is 26.0 Å². The fraction of sp³-hybridized carbons (Fsp3) is 0.300. The first-order valence-corrected chi connectivity index (χ1v) is 10.6. The van der Waals surface area contributed by atoms with E-state index < -0.39 is 24.1 Å². The summed E-state index contributed by atoms with van der Waals surface area (Å²) in [7, 11) is 0. The van der Waals surface area contributed by atoms with Crippen molar-refractivity contribution < 1.29 is 18.3 Å². The first kappa shape index (κ1) is 21.4. The molecular weight excluding hydrogens is 448 g/mol. The summed E-state index contributed by atoms with van der Waals surface area (Å²) in [5.74, 6) is -1.08. The highest BCUT2D eigenvalue weighted by molar-refractivity contribution is 7.15. The van der Waals surface area contributed by atoms with Crippen LogP contribution in [0.1, 0.15) is 24.8 Å². The van der Waals surface area contributed by atoms with Crippen molar-refractivity contribution in [2.75, 3.05) is 16.8 Å². The number of benzene rings is 1. The number of nitrogens with zero attached hydrogens (tertiary/aromatic N) is 4. The molecule has 1 N–H and O–H groups in total. The molecule has 1 amide bonds. The van der Waals surface area contributed by atoms with Crippen molar-refractivity contribution in [3.05, 3.63) is 52.4 Å². The maximum Gasteiger partial charge on any atom is 0.416 e. The Morgan fingerprint density at radius 3 is 2.71 bits per heavy atom. The summed E-state index contributed by atoms with van der Waals surface area (Å²) in [6.07, 6.45) is 0.408. The van der Waals surface area contributed by atoms with Gasteiger partial charge in [-0.2, -0.15) is 4.98 Å². The summed E-state index contributed by atoms with van der Waals surface area (Å²) in [6, 6.07) is 6.15. The molecule has 3 atom stereocenters. The van der Waals surface area contributed by atoms with E-state index >= 15 is 0 Å². The Morgan fingerprint density at radius 1 is 1.26 bits per heavy atom. The zero-order chi connectivity index (χ0) is 22.1. The molecule has 11 heteroatoms. The minimum Gasteiger partial charge on any atom is -0.447 e. The minimum absolute atomic E-state index is 0.0929. The third-order valence-corrected chi connectivity index (χ3v) is 6.26. The summed E-state index contributed by atoms with van der Waals surface area (Å²) in [5, 5.41) is 4.53. The van der Waals surface area contributed by atoms with Gasteiger partial charge in [0, 0.05) is 21.7 Å². The zero-order valence-electron chi connectivity index (χ0n) is 16.6. The van der Waals surface area contributed by atoms with Crippen molar-refractivity contribution in [2.24, 2.45) is 0 Å². The Kier molecular flexibility index (Phi) is 6.01. The number of halogens is 3. The van der Waals surface area contributed by atoms with Crippen molar-refractivity contribution >= 4 is 40.8 Å². The molecule has 4 rings (SSSR count). The van der Waals surface area contributed by atoms with Gasteiger partial charge in [0.15, 0.2) is 11.6 Å². The van der Waals surface area contributed by atoms with Crippen LogP contribution < -0.4 is 10.2 Å². The lowest BCUT2D eigenvalue weighted by molar-refractivity contribution is 0.174. The summed E-state index contributed by atoms with van der Waals surface area (Å²) >= 11 is 7.41. The number of hydrogen-bond donors (Lipinski definition) is 1. The van der Waals surface area contributed by atoms with E-state index in [9.17, 15) is 13.6 Å². The van der Waals surface area contributed by atoms with Crippen LogP contribution in [0.15, 0.2) is 36.7 Å². The lowest BCUT2D eigenvalue weighted by atomic mass is 10.2. The average molecular weight is 466 g/mol. The van der Waals surface area contributed by atoms with Gasteiger partial charge in [-0.15, -0.1) is 11.3 Å². The van der Waals surface area contributed by atoms with Gasteiger partial charge in [0.05, 0.1) is 12.2 Å². The Balaban J connectivity index is 1.54. The monoisotopic (exact) mass is 465 g/mol. The molecule has 0 aliphatic carbocycles. The Morgan fingerprint density at radius 2 is 2.00 bits per heavy atom.